The smallest absolute Gasteiger partial charge is 0.343 e. The molecule has 23 heteroatoms. The lowest BCUT2D eigenvalue weighted by Crippen LogP contribution is -2.52. The Kier molecular flexibility index (Phi) is 16.2. The van der Waals surface area contributed by atoms with Crippen molar-refractivity contribution < 1.29 is 62.1 Å². The van der Waals surface area contributed by atoms with Crippen molar-refractivity contribution in [3.8, 4) is 11.4 Å². The summed E-state index contributed by atoms with van der Waals surface area (Å²) in [7, 11) is 0. The van der Waals surface area contributed by atoms with Crippen LogP contribution in [0.15, 0.2) is 83.7 Å². The van der Waals surface area contributed by atoms with Gasteiger partial charge in [0.1, 0.15) is 31.8 Å². The number of fused-ring (bicyclic) bond motifs is 5. The van der Waals surface area contributed by atoms with Crippen LogP contribution >= 0.6 is 0 Å². The largest absolute Gasteiger partial charge is 0.458 e. The van der Waals surface area contributed by atoms with Crippen molar-refractivity contribution in [1.82, 2.24) is 41.5 Å². The van der Waals surface area contributed by atoms with Gasteiger partial charge in [0.2, 0.25) is 35.4 Å². The summed E-state index contributed by atoms with van der Waals surface area (Å²) in [5.41, 5.74) is 3.14. The van der Waals surface area contributed by atoms with Gasteiger partial charge in [0.25, 0.3) is 17.4 Å². The van der Waals surface area contributed by atoms with Crippen molar-refractivity contribution in [2.75, 3.05) is 37.9 Å². The van der Waals surface area contributed by atoms with Gasteiger partial charge in [-0.1, -0.05) is 49.4 Å². The molecule has 0 saturated heterocycles. The van der Waals surface area contributed by atoms with Gasteiger partial charge in [-0.25, -0.2) is 19.1 Å². The summed E-state index contributed by atoms with van der Waals surface area (Å²) in [6.07, 6.45) is 4.21. The number of nitrogens with one attached hydrogen (secondary N) is 6. The molecule has 79 heavy (non-hydrogen) atoms. The second-order valence-corrected chi connectivity index (χ2v) is 19.5. The number of aryl methyl sites for hydroxylation is 2. The maximum absolute atomic E-state index is 15.4. The number of aromatic nitrogens is 2. The molecule has 4 aliphatic rings. The lowest BCUT2D eigenvalue weighted by molar-refractivity contribution is -0.172. The Morgan fingerprint density at radius 3 is 2.27 bits per heavy atom. The lowest BCUT2D eigenvalue weighted by atomic mass is 9.81. The first-order valence-corrected chi connectivity index (χ1v) is 25.7. The van der Waals surface area contributed by atoms with Gasteiger partial charge in [-0.15, -0.1) is 0 Å². The number of cyclic esters (lactones) is 1. The summed E-state index contributed by atoms with van der Waals surface area (Å²) in [6.45, 7) is 0.623. The molecule has 410 valence electrons. The van der Waals surface area contributed by atoms with Gasteiger partial charge in [-0.2, -0.15) is 0 Å². The summed E-state index contributed by atoms with van der Waals surface area (Å²) < 4.78 is 27.6. The summed E-state index contributed by atoms with van der Waals surface area (Å²) in [5, 5.41) is 27.5. The van der Waals surface area contributed by atoms with E-state index in [1.165, 1.54) is 22.8 Å². The van der Waals surface area contributed by atoms with Crippen LogP contribution in [-0.4, -0.2) is 107 Å². The number of halogens is 1. The highest BCUT2D eigenvalue weighted by molar-refractivity contribution is 6.28. The van der Waals surface area contributed by atoms with Crippen molar-refractivity contribution >= 4 is 69.8 Å². The summed E-state index contributed by atoms with van der Waals surface area (Å²) in [4.78, 5) is 134. The van der Waals surface area contributed by atoms with Gasteiger partial charge in [0.05, 0.1) is 60.4 Å². The number of esters is 1. The molecule has 0 fully saturated rings. The van der Waals surface area contributed by atoms with Crippen molar-refractivity contribution in [2.45, 2.75) is 89.6 Å². The molecule has 0 radical (unpaired) electrons. The Morgan fingerprint density at radius 1 is 0.835 bits per heavy atom. The zero-order chi connectivity index (χ0) is 56.1. The predicted octanol–water partition coefficient (Wildman–Crippen LogP) is 1.25. The van der Waals surface area contributed by atoms with Crippen LogP contribution in [0.25, 0.3) is 22.3 Å². The van der Waals surface area contributed by atoms with E-state index in [4.69, 9.17) is 14.5 Å². The molecule has 0 unspecified atom stereocenters. The van der Waals surface area contributed by atoms with Crippen molar-refractivity contribution in [2.24, 2.45) is 0 Å². The Balaban J connectivity index is 0.732. The van der Waals surface area contributed by atoms with Gasteiger partial charge >= 0.3 is 5.97 Å². The van der Waals surface area contributed by atoms with Crippen LogP contribution in [0.5, 0.6) is 0 Å². The number of aliphatic hydroxyl groups is 1. The molecule has 8 amide bonds. The zero-order valence-corrected chi connectivity index (χ0v) is 43.1. The molecule has 22 nitrogen and oxygen atoms in total. The number of anilines is 1. The van der Waals surface area contributed by atoms with E-state index in [0.29, 0.717) is 75.9 Å². The summed E-state index contributed by atoms with van der Waals surface area (Å²) >= 11 is 0. The Hall–Kier alpha value is -8.96. The van der Waals surface area contributed by atoms with E-state index in [9.17, 15) is 53.1 Å². The van der Waals surface area contributed by atoms with E-state index in [2.05, 4.69) is 31.9 Å². The SMILES string of the molecule is CC[C@@]1(O)C(=O)OCc2c1cc1n(c2=O)Cc2c-1nc1cc(F)c(C)c3c1c2[C@@H](NC(=O)COCNC(=O)CNC(=O)[C@H](Cc1ccccc1)NC(=O)CNC(=O)CNC(=O)CCCc1ccc(N2C(=O)C=CC2=O)cc1)CC3. The molecule has 2 aromatic heterocycles. The first-order chi connectivity index (χ1) is 37.9. The molecule has 5 aromatic rings. The average Bonchev–Trinajstić information content (AvgIpc) is 4.20. The molecular weight excluding hydrogens is 1030 g/mol. The maximum Gasteiger partial charge on any atom is 0.343 e. The third kappa shape index (κ3) is 11.7. The molecule has 0 bridgehead atoms. The van der Waals surface area contributed by atoms with Crippen LogP contribution in [0, 0.1) is 12.7 Å². The number of imide groups is 1. The minimum Gasteiger partial charge on any atom is -0.458 e. The Bertz CT molecular complexity index is 3420. The molecule has 0 spiro atoms. The number of nitrogens with zero attached hydrogens (tertiary/aromatic N) is 3. The summed E-state index contributed by atoms with van der Waals surface area (Å²) in [6, 6.07) is 16.6. The molecule has 3 aliphatic heterocycles. The summed E-state index contributed by atoms with van der Waals surface area (Å²) in [5.74, 6) is -5.89. The third-order valence-corrected chi connectivity index (χ3v) is 14.4. The Labute approximate surface area is 450 Å². The normalized spacial score (nSPS) is 17.0. The average molecular weight is 1080 g/mol. The van der Waals surface area contributed by atoms with E-state index in [-0.39, 0.29) is 43.5 Å². The number of benzene rings is 3. The molecule has 5 heterocycles. The van der Waals surface area contributed by atoms with Gasteiger partial charge in [0, 0.05) is 47.6 Å². The van der Waals surface area contributed by atoms with Crippen molar-refractivity contribution in [1.29, 1.82) is 0 Å². The second-order valence-electron chi connectivity index (χ2n) is 19.5. The van der Waals surface area contributed by atoms with Crippen LogP contribution in [-0.2, 0) is 90.6 Å². The first kappa shape index (κ1) is 54.8. The van der Waals surface area contributed by atoms with Crippen LogP contribution in [0.4, 0.5) is 10.1 Å². The number of hydrogen-bond acceptors (Lipinski definition) is 14. The van der Waals surface area contributed by atoms with Crippen LogP contribution in [0.3, 0.4) is 0 Å². The van der Waals surface area contributed by atoms with E-state index < -0.39 is 115 Å². The highest BCUT2D eigenvalue weighted by Gasteiger charge is 2.46. The van der Waals surface area contributed by atoms with Crippen LogP contribution in [0.2, 0.25) is 0 Å². The monoisotopic (exact) mass is 1080 g/mol. The molecule has 3 atom stereocenters. The van der Waals surface area contributed by atoms with Gasteiger partial charge < -0.3 is 51.0 Å². The fourth-order valence-electron chi connectivity index (χ4n) is 10.3. The van der Waals surface area contributed by atoms with E-state index >= 15 is 4.39 Å². The maximum atomic E-state index is 15.4. The molecular formula is C56H56FN9O13. The quantitative estimate of drug-likeness (QED) is 0.0231. The van der Waals surface area contributed by atoms with Gasteiger partial charge in [-0.3, -0.25) is 43.2 Å². The number of carbonyl (C=O) groups is 9. The topological polar surface area (TPSA) is 303 Å². The van der Waals surface area contributed by atoms with Crippen LogP contribution in [0.1, 0.15) is 83.2 Å². The number of hydrogen-bond donors (Lipinski definition) is 7. The minimum absolute atomic E-state index is 0.0345. The molecule has 7 N–H and O–H groups in total. The standard InChI is InChI=1S/C56H56FN9O13/c1-3-56(77)37-21-42-52-35(26-65(42)54(75)36(37)27-79-55(56)76)51-39(17-16-34-30(2)38(57)22-40(64-52)50(34)51)62-47(71)28-78-29-61-45(69)24-60-53(74)41(20-32-8-5-4-6-9-32)63-46(70)25-59-44(68)23-58-43(67)11-7-10-31-12-14-33(15-13-31)66-48(72)18-19-49(66)73/h4-6,8-9,12-15,18-19,21-22,39,41,77H,3,7,10-11,16-17,20,23-29H2,1-2H3,(H,58,67)(H,59,68)(H,60,74)(H,61,69)(H,62,71)(H,63,70)/t39-,41-,56-/m0/s1. The molecule has 3 aromatic carbocycles. The third-order valence-electron chi connectivity index (χ3n) is 14.4. The Morgan fingerprint density at radius 2 is 1.53 bits per heavy atom. The molecule has 1 aliphatic carbocycles. The van der Waals surface area contributed by atoms with E-state index in [1.807, 2.05) is 0 Å². The highest BCUT2D eigenvalue weighted by Crippen LogP contribution is 2.46. The van der Waals surface area contributed by atoms with Gasteiger partial charge in [0.15, 0.2) is 5.60 Å². The molecule has 9 rings (SSSR count). The van der Waals surface area contributed by atoms with E-state index in [0.717, 1.165) is 16.0 Å². The van der Waals surface area contributed by atoms with Crippen molar-refractivity contribution in [3.63, 3.8) is 0 Å². The number of rotatable bonds is 21. The number of carbonyl (C=O) groups excluding carboxylic acids is 9. The minimum atomic E-state index is -2.05. The lowest BCUT2D eigenvalue weighted by Gasteiger charge is -2.31. The number of amides is 8. The van der Waals surface area contributed by atoms with Crippen molar-refractivity contribution in [3.05, 3.63) is 140 Å². The van der Waals surface area contributed by atoms with E-state index in [1.54, 1.807) is 74.5 Å². The zero-order valence-electron chi connectivity index (χ0n) is 43.1. The molecule has 0 saturated carbocycles. The van der Waals surface area contributed by atoms with Crippen LogP contribution < -0.4 is 42.4 Å². The first-order valence-electron chi connectivity index (χ1n) is 25.7. The number of pyridine rings is 2. The second kappa shape index (κ2) is 23.3. The highest BCUT2D eigenvalue weighted by atomic mass is 19.1. The predicted molar refractivity (Wildman–Crippen MR) is 280 cm³/mol. The number of ether oxygens (including phenoxy) is 2. The van der Waals surface area contributed by atoms with Gasteiger partial charge in [-0.05, 0) is 85.0 Å². The fourth-order valence-corrected chi connectivity index (χ4v) is 10.3. The fraction of sp³-hybridized carbons (Fsp3) is 0.339.